The smallest absolute Gasteiger partial charge is 0.284 e. The minimum absolute atomic E-state index is 0.0446. The summed E-state index contributed by atoms with van der Waals surface area (Å²) >= 11 is 0. The highest BCUT2D eigenvalue weighted by atomic mass is 19.3. The van der Waals surface area contributed by atoms with Gasteiger partial charge >= 0.3 is 0 Å². The molecule has 5 amide bonds. The average Bonchev–Trinajstić information content (AvgIpc) is 3.56. The van der Waals surface area contributed by atoms with Gasteiger partial charge in [0.2, 0.25) is 17.7 Å². The van der Waals surface area contributed by atoms with Crippen molar-refractivity contribution in [3.8, 4) is 11.5 Å². The number of aromatic nitrogens is 4. The lowest BCUT2D eigenvalue weighted by Gasteiger charge is -2.32. The molecule has 18 heteroatoms. The summed E-state index contributed by atoms with van der Waals surface area (Å²) in [5.74, 6) is -3.19. The molecule has 0 radical (unpaired) electrons. The highest BCUT2D eigenvalue weighted by molar-refractivity contribution is 6.23. The maximum atomic E-state index is 15.3. The molecular formula is C36H34F3N9O6. The zero-order valence-electron chi connectivity index (χ0n) is 28.7. The van der Waals surface area contributed by atoms with Gasteiger partial charge in [-0.2, -0.15) is 5.10 Å². The number of hydrogen-bond donors (Lipinski definition) is 3. The van der Waals surface area contributed by atoms with Crippen molar-refractivity contribution >= 4 is 41.0 Å². The van der Waals surface area contributed by atoms with Crippen LogP contribution in [0.1, 0.15) is 93.5 Å². The SMILES string of the molecule is O=C1CCC(N2C(=O)c3cc(CN4CCC(n5cc(NC(=O)c6coc(-c7ccnc(NCC8CC8)c7)n6)c(C(F)F)n5)CC4)cc(F)c3C2=O)C(=O)N1. The van der Waals surface area contributed by atoms with Gasteiger partial charge in [-0.15, -0.1) is 0 Å². The molecule has 3 fully saturated rings. The lowest BCUT2D eigenvalue weighted by Crippen LogP contribution is -2.54. The van der Waals surface area contributed by atoms with Crippen LogP contribution in [0.25, 0.3) is 11.5 Å². The summed E-state index contributed by atoms with van der Waals surface area (Å²) in [6, 6.07) is 4.57. The van der Waals surface area contributed by atoms with Crippen LogP contribution in [0.15, 0.2) is 47.3 Å². The number of amides is 5. The third kappa shape index (κ3) is 6.95. The van der Waals surface area contributed by atoms with Gasteiger partial charge in [0, 0.05) is 50.6 Å². The molecule has 3 aromatic heterocycles. The quantitative estimate of drug-likeness (QED) is 0.186. The largest absolute Gasteiger partial charge is 0.444 e. The second kappa shape index (κ2) is 14.1. The molecule has 1 aliphatic carbocycles. The molecular weight excluding hydrogens is 711 g/mol. The van der Waals surface area contributed by atoms with Crippen molar-refractivity contribution < 1.29 is 41.6 Å². The van der Waals surface area contributed by atoms with Crippen molar-refractivity contribution in [2.24, 2.45) is 5.92 Å². The Balaban J connectivity index is 0.896. The van der Waals surface area contributed by atoms with E-state index in [4.69, 9.17) is 4.42 Å². The van der Waals surface area contributed by atoms with Crippen molar-refractivity contribution in [1.82, 2.24) is 34.9 Å². The number of nitrogens with one attached hydrogen (secondary N) is 3. The lowest BCUT2D eigenvalue weighted by atomic mass is 10.0. The fourth-order valence-electron chi connectivity index (χ4n) is 7.07. The first-order valence-electron chi connectivity index (χ1n) is 17.6. The van der Waals surface area contributed by atoms with Crippen LogP contribution in [0, 0.1) is 11.7 Å². The van der Waals surface area contributed by atoms with E-state index in [0.29, 0.717) is 53.7 Å². The van der Waals surface area contributed by atoms with Crippen molar-refractivity contribution in [2.45, 2.75) is 63.6 Å². The molecule has 280 valence electrons. The van der Waals surface area contributed by atoms with Crippen LogP contribution in [0.3, 0.4) is 0 Å². The monoisotopic (exact) mass is 745 g/mol. The summed E-state index contributed by atoms with van der Waals surface area (Å²) in [6.45, 7) is 1.99. The number of carbonyl (C=O) groups is 5. The topological polar surface area (TPSA) is 185 Å². The van der Waals surface area contributed by atoms with Crippen LogP contribution in [0.5, 0.6) is 0 Å². The van der Waals surface area contributed by atoms with Gasteiger partial charge in [-0.25, -0.2) is 23.1 Å². The number of pyridine rings is 1. The molecule has 0 bridgehead atoms. The molecule has 1 saturated carbocycles. The van der Waals surface area contributed by atoms with Crippen molar-refractivity contribution in [2.75, 3.05) is 30.3 Å². The number of benzene rings is 1. The van der Waals surface area contributed by atoms with E-state index >= 15 is 4.39 Å². The third-order valence-electron chi connectivity index (χ3n) is 10.1. The fourth-order valence-corrected chi connectivity index (χ4v) is 7.07. The molecule has 3 N–H and O–H groups in total. The number of hydrogen-bond acceptors (Lipinski definition) is 11. The molecule has 1 aromatic carbocycles. The number of piperidine rings is 2. The first-order valence-corrected chi connectivity index (χ1v) is 17.6. The Hall–Kier alpha value is -5.91. The van der Waals surface area contributed by atoms with Crippen molar-refractivity contribution in [3.63, 3.8) is 0 Å². The summed E-state index contributed by atoms with van der Waals surface area (Å²) in [6.07, 6.45) is 4.40. The van der Waals surface area contributed by atoms with Crippen LogP contribution in [-0.2, 0) is 16.1 Å². The lowest BCUT2D eigenvalue weighted by molar-refractivity contribution is -0.136. The molecule has 1 atom stereocenters. The molecule has 54 heavy (non-hydrogen) atoms. The second-order valence-corrected chi connectivity index (χ2v) is 13.9. The molecule has 15 nitrogen and oxygen atoms in total. The zero-order valence-corrected chi connectivity index (χ0v) is 28.7. The van der Waals surface area contributed by atoms with Gasteiger partial charge in [0.15, 0.2) is 11.4 Å². The van der Waals surface area contributed by atoms with Gasteiger partial charge in [-0.3, -0.25) is 43.8 Å². The standard InChI is InChI=1S/C36H34F3N9O6/c37-23-12-19(11-22-29(23)36(53)48(35(22)52)26-3-4-28(49)44-33(26)51)15-46-9-6-21(7-10-46)47-16-24(30(45-47)31(38)39)42-32(50)25-17-54-34(43-25)20-5-8-40-27(13-20)41-14-18-1-2-18/h5,8,11-13,16-18,21,26,31H,1-4,6-7,9-10,14-15H2,(H,40,41)(H,42,50)(H,44,49,51). The number of oxazole rings is 1. The number of likely N-dealkylation sites (tertiary alicyclic amines) is 1. The number of imide groups is 2. The number of fused-ring (bicyclic) bond motifs is 1. The van der Waals surface area contributed by atoms with E-state index < -0.39 is 59.1 Å². The molecule has 1 unspecified atom stereocenters. The van der Waals surface area contributed by atoms with Crippen LogP contribution >= 0.6 is 0 Å². The molecule has 4 aliphatic rings. The van der Waals surface area contributed by atoms with Gasteiger partial charge in [-0.05, 0) is 67.9 Å². The Morgan fingerprint density at radius 2 is 1.83 bits per heavy atom. The van der Waals surface area contributed by atoms with E-state index in [1.165, 1.54) is 35.9 Å². The first kappa shape index (κ1) is 35.1. The van der Waals surface area contributed by atoms with Gasteiger partial charge < -0.3 is 15.1 Å². The highest BCUT2D eigenvalue weighted by Crippen LogP contribution is 2.34. The molecule has 6 heterocycles. The van der Waals surface area contributed by atoms with E-state index in [9.17, 15) is 32.8 Å². The maximum Gasteiger partial charge on any atom is 0.284 e. The fraction of sp³-hybridized carbons (Fsp3) is 0.389. The minimum Gasteiger partial charge on any atom is -0.444 e. The van der Waals surface area contributed by atoms with E-state index in [2.05, 4.69) is 31.0 Å². The van der Waals surface area contributed by atoms with Gasteiger partial charge in [0.25, 0.3) is 24.1 Å². The molecule has 3 aliphatic heterocycles. The summed E-state index contributed by atoms with van der Waals surface area (Å²) in [4.78, 5) is 74.5. The number of halogens is 3. The number of nitrogens with zero attached hydrogens (tertiary/aromatic N) is 6. The molecule has 0 spiro atoms. The average molecular weight is 746 g/mol. The van der Waals surface area contributed by atoms with Crippen molar-refractivity contribution in [3.05, 3.63) is 76.8 Å². The predicted octanol–water partition coefficient (Wildman–Crippen LogP) is 4.32. The third-order valence-corrected chi connectivity index (χ3v) is 10.1. The predicted molar refractivity (Wildman–Crippen MR) is 183 cm³/mol. The summed E-state index contributed by atoms with van der Waals surface area (Å²) < 4.78 is 50.4. The minimum atomic E-state index is -2.97. The number of rotatable bonds is 11. The first-order chi connectivity index (χ1) is 26.0. The van der Waals surface area contributed by atoms with Crippen molar-refractivity contribution in [1.29, 1.82) is 0 Å². The Labute approximate surface area is 305 Å². The van der Waals surface area contributed by atoms with Gasteiger partial charge in [-0.1, -0.05) is 0 Å². The number of anilines is 2. The number of alkyl halides is 2. The molecule has 8 rings (SSSR count). The number of carbonyl (C=O) groups excluding carboxylic acids is 5. The summed E-state index contributed by atoms with van der Waals surface area (Å²) in [5, 5.41) is 12.0. The highest BCUT2D eigenvalue weighted by Gasteiger charge is 2.46. The van der Waals surface area contributed by atoms with Crippen LogP contribution in [-0.4, -0.2) is 84.8 Å². The van der Waals surface area contributed by atoms with Crippen LogP contribution in [0.2, 0.25) is 0 Å². The van der Waals surface area contributed by atoms with E-state index in [1.54, 1.807) is 18.3 Å². The summed E-state index contributed by atoms with van der Waals surface area (Å²) in [5.41, 5.74) is -0.377. The van der Waals surface area contributed by atoms with E-state index in [-0.39, 0.29) is 48.3 Å². The Bertz CT molecular complexity index is 2180. The Kier molecular flexibility index (Phi) is 9.21. The second-order valence-electron chi connectivity index (χ2n) is 13.9. The Morgan fingerprint density at radius 1 is 1.04 bits per heavy atom. The maximum absolute atomic E-state index is 15.3. The zero-order chi connectivity index (χ0) is 37.7. The normalized spacial score (nSPS) is 19.4. The summed E-state index contributed by atoms with van der Waals surface area (Å²) in [7, 11) is 0. The van der Waals surface area contributed by atoms with Crippen LogP contribution < -0.4 is 16.0 Å². The molecule has 4 aromatic rings. The Morgan fingerprint density at radius 3 is 2.57 bits per heavy atom. The van der Waals surface area contributed by atoms with E-state index in [1.807, 2.05) is 4.90 Å². The van der Waals surface area contributed by atoms with Gasteiger partial charge in [0.1, 0.15) is 23.9 Å². The van der Waals surface area contributed by atoms with Gasteiger partial charge in [0.05, 0.1) is 22.9 Å². The molecule has 2 saturated heterocycles. The van der Waals surface area contributed by atoms with Crippen LogP contribution in [0.4, 0.5) is 24.7 Å². The van der Waals surface area contributed by atoms with E-state index in [0.717, 1.165) is 12.8 Å².